The Bertz CT molecular complexity index is 543. The molecule has 0 aliphatic rings. The summed E-state index contributed by atoms with van der Waals surface area (Å²) < 4.78 is 65.7. The van der Waals surface area contributed by atoms with Crippen molar-refractivity contribution in [2.75, 3.05) is 19.4 Å². The molecule has 0 saturated heterocycles. The van der Waals surface area contributed by atoms with Gasteiger partial charge in [0.25, 0.3) is 0 Å². The zero-order valence-electron chi connectivity index (χ0n) is 9.99. The lowest BCUT2D eigenvalue weighted by molar-refractivity contribution is -0.139. The van der Waals surface area contributed by atoms with Gasteiger partial charge in [0.05, 0.1) is 18.7 Å². The van der Waals surface area contributed by atoms with Crippen LogP contribution in [0.4, 0.5) is 18.9 Å². The molecule has 0 unspecified atom stereocenters. The van der Waals surface area contributed by atoms with E-state index in [2.05, 4.69) is 4.72 Å². The maximum absolute atomic E-state index is 11.9. The van der Waals surface area contributed by atoms with Crippen LogP contribution in [0.5, 0.6) is 5.75 Å². The Morgan fingerprint density at radius 3 is 2.47 bits per heavy atom. The molecule has 0 bridgehead atoms. The Morgan fingerprint density at radius 1 is 1.37 bits per heavy atom. The summed E-state index contributed by atoms with van der Waals surface area (Å²) in [6, 6.07) is 3.58. The van der Waals surface area contributed by atoms with Gasteiger partial charge in [0.2, 0.25) is 10.0 Å². The molecule has 0 aromatic heterocycles. The Labute approximate surface area is 108 Å². The van der Waals surface area contributed by atoms with Gasteiger partial charge in [0.15, 0.2) is 0 Å². The van der Waals surface area contributed by atoms with E-state index in [1.54, 1.807) is 0 Å². The lowest BCUT2D eigenvalue weighted by Crippen LogP contribution is -2.20. The van der Waals surface area contributed by atoms with Crippen LogP contribution in [0.25, 0.3) is 0 Å². The van der Waals surface area contributed by atoms with Crippen molar-refractivity contribution in [2.45, 2.75) is 17.5 Å². The zero-order valence-corrected chi connectivity index (χ0v) is 10.8. The number of hydrogen-bond donors (Lipinski definition) is 2. The summed E-state index contributed by atoms with van der Waals surface area (Å²) in [7, 11) is -2.48. The third-order valence-electron chi connectivity index (χ3n) is 2.19. The number of ether oxygens (including phenoxy) is 1. The highest BCUT2D eigenvalue weighted by Crippen LogP contribution is 2.25. The number of benzene rings is 1. The molecular weight excluding hydrogens is 285 g/mol. The van der Waals surface area contributed by atoms with E-state index in [4.69, 9.17) is 10.5 Å². The van der Waals surface area contributed by atoms with Gasteiger partial charge in [0, 0.05) is 6.07 Å². The van der Waals surface area contributed by atoms with Gasteiger partial charge in [-0.05, 0) is 19.2 Å². The topological polar surface area (TPSA) is 81.4 Å². The highest BCUT2D eigenvalue weighted by atomic mass is 32.2. The van der Waals surface area contributed by atoms with Crippen LogP contribution in [-0.4, -0.2) is 28.2 Å². The molecule has 108 valence electrons. The van der Waals surface area contributed by atoms with E-state index < -0.39 is 29.2 Å². The fraction of sp³-hybridized carbons (Fsp3) is 0.400. The van der Waals surface area contributed by atoms with Crippen LogP contribution in [0.2, 0.25) is 0 Å². The van der Waals surface area contributed by atoms with Gasteiger partial charge in [-0.1, -0.05) is 0 Å². The average Bonchev–Trinajstić information content (AvgIpc) is 2.27. The molecule has 0 amide bonds. The van der Waals surface area contributed by atoms with E-state index in [0.717, 1.165) is 0 Å². The fourth-order valence-corrected chi connectivity index (χ4v) is 2.09. The van der Waals surface area contributed by atoms with Gasteiger partial charge in [-0.2, -0.15) is 13.2 Å². The molecule has 19 heavy (non-hydrogen) atoms. The van der Waals surface area contributed by atoms with Gasteiger partial charge in [0.1, 0.15) is 10.6 Å². The van der Waals surface area contributed by atoms with Crippen molar-refractivity contribution in [1.82, 2.24) is 4.72 Å². The molecular formula is C10H13F3N2O3S. The minimum atomic E-state index is -4.30. The smallest absolute Gasteiger partial charge is 0.392 e. The molecule has 9 heteroatoms. The normalized spacial score (nSPS) is 12.4. The van der Waals surface area contributed by atoms with Crippen molar-refractivity contribution in [2.24, 2.45) is 0 Å². The first kappa shape index (κ1) is 15.6. The fourth-order valence-electron chi connectivity index (χ4n) is 1.26. The number of sulfonamides is 1. The molecule has 0 atom stereocenters. The van der Waals surface area contributed by atoms with Crippen molar-refractivity contribution >= 4 is 15.7 Å². The predicted octanol–water partition coefficient (Wildman–Crippen LogP) is 1.51. The number of hydrogen-bond acceptors (Lipinski definition) is 4. The van der Waals surface area contributed by atoms with E-state index >= 15 is 0 Å². The SMILES string of the molecule is CNS(=O)(=O)c1ccc(OCCC(F)(F)F)cc1N. The summed E-state index contributed by atoms with van der Waals surface area (Å²) in [5.74, 6) is 0.0804. The third-order valence-corrected chi connectivity index (χ3v) is 3.68. The highest BCUT2D eigenvalue weighted by molar-refractivity contribution is 7.89. The maximum Gasteiger partial charge on any atom is 0.392 e. The van der Waals surface area contributed by atoms with E-state index in [-0.39, 0.29) is 16.3 Å². The Morgan fingerprint density at radius 2 is 2.00 bits per heavy atom. The molecule has 0 spiro atoms. The number of alkyl halides is 3. The van der Waals surface area contributed by atoms with Crippen LogP contribution < -0.4 is 15.2 Å². The van der Waals surface area contributed by atoms with Gasteiger partial charge < -0.3 is 10.5 Å². The zero-order chi connectivity index (χ0) is 14.7. The molecule has 5 nitrogen and oxygen atoms in total. The monoisotopic (exact) mass is 298 g/mol. The Hall–Kier alpha value is -1.48. The van der Waals surface area contributed by atoms with Crippen molar-refractivity contribution in [1.29, 1.82) is 0 Å². The van der Waals surface area contributed by atoms with Crippen LogP contribution in [0.3, 0.4) is 0 Å². The summed E-state index contributed by atoms with van der Waals surface area (Å²) >= 11 is 0. The van der Waals surface area contributed by atoms with E-state index in [9.17, 15) is 21.6 Å². The van der Waals surface area contributed by atoms with Crippen molar-refractivity contribution < 1.29 is 26.3 Å². The number of anilines is 1. The largest absolute Gasteiger partial charge is 0.493 e. The molecule has 0 saturated carbocycles. The molecule has 3 N–H and O–H groups in total. The summed E-state index contributed by atoms with van der Waals surface area (Å²) in [6.45, 7) is -0.554. The number of halogens is 3. The van der Waals surface area contributed by atoms with Gasteiger partial charge in [-0.15, -0.1) is 0 Å². The van der Waals surface area contributed by atoms with Crippen molar-refractivity contribution in [3.8, 4) is 5.75 Å². The van der Waals surface area contributed by atoms with Crippen LogP contribution in [0.15, 0.2) is 23.1 Å². The standard InChI is InChI=1S/C10H13F3N2O3S/c1-15-19(16,17)9-3-2-7(6-8(9)14)18-5-4-10(11,12)13/h2-3,6,15H,4-5,14H2,1H3. The molecule has 0 heterocycles. The first-order chi connectivity index (χ1) is 8.65. The highest BCUT2D eigenvalue weighted by Gasteiger charge is 2.26. The first-order valence-corrected chi connectivity index (χ1v) is 6.66. The van der Waals surface area contributed by atoms with Crippen LogP contribution in [-0.2, 0) is 10.0 Å². The quantitative estimate of drug-likeness (QED) is 0.807. The van der Waals surface area contributed by atoms with Crippen molar-refractivity contribution in [3.63, 3.8) is 0 Å². The molecule has 0 aliphatic carbocycles. The van der Waals surface area contributed by atoms with Crippen LogP contribution in [0, 0.1) is 0 Å². The molecule has 1 aromatic rings. The third kappa shape index (κ3) is 4.60. The Balaban J connectivity index is 2.78. The summed E-state index contributed by atoms with van der Waals surface area (Å²) in [4.78, 5) is -0.154. The number of nitrogens with two attached hydrogens (primary N) is 1. The summed E-state index contributed by atoms with van der Waals surface area (Å²) in [5.41, 5.74) is 5.42. The summed E-state index contributed by atoms with van der Waals surface area (Å²) in [5, 5.41) is 0. The molecule has 1 aromatic carbocycles. The Kier molecular flexibility index (Phi) is 4.64. The van der Waals surface area contributed by atoms with Gasteiger partial charge in [-0.25, -0.2) is 13.1 Å². The van der Waals surface area contributed by atoms with Crippen molar-refractivity contribution in [3.05, 3.63) is 18.2 Å². The minimum Gasteiger partial charge on any atom is -0.493 e. The van der Waals surface area contributed by atoms with Crippen LogP contribution in [0.1, 0.15) is 6.42 Å². The molecule has 0 radical (unpaired) electrons. The minimum absolute atomic E-state index is 0.0804. The lowest BCUT2D eigenvalue weighted by atomic mass is 10.3. The number of rotatable bonds is 5. The van der Waals surface area contributed by atoms with E-state index in [0.29, 0.717) is 0 Å². The van der Waals surface area contributed by atoms with Gasteiger partial charge >= 0.3 is 6.18 Å². The van der Waals surface area contributed by atoms with E-state index in [1.807, 2.05) is 0 Å². The summed E-state index contributed by atoms with van der Waals surface area (Å²) in [6.07, 6.45) is -5.40. The molecule has 0 fully saturated rings. The molecule has 0 aliphatic heterocycles. The molecule has 1 rings (SSSR count). The second-order valence-electron chi connectivity index (χ2n) is 3.62. The van der Waals surface area contributed by atoms with Crippen LogP contribution >= 0.6 is 0 Å². The number of nitrogens with one attached hydrogen (secondary N) is 1. The maximum atomic E-state index is 11.9. The lowest BCUT2D eigenvalue weighted by Gasteiger charge is -2.11. The predicted molar refractivity (Wildman–Crippen MR) is 63.3 cm³/mol. The first-order valence-electron chi connectivity index (χ1n) is 5.18. The van der Waals surface area contributed by atoms with Gasteiger partial charge in [-0.3, -0.25) is 0 Å². The average molecular weight is 298 g/mol. The second-order valence-corrected chi connectivity index (χ2v) is 5.48. The number of nitrogen functional groups attached to an aromatic ring is 1. The second kappa shape index (κ2) is 5.66. The van der Waals surface area contributed by atoms with E-state index in [1.165, 1.54) is 25.2 Å².